The van der Waals surface area contributed by atoms with E-state index in [9.17, 15) is 4.79 Å². The molecular weight excluding hydrogens is 264 g/mol. The van der Waals surface area contributed by atoms with Crippen LogP contribution in [-0.2, 0) is 13.0 Å². The van der Waals surface area contributed by atoms with Crippen LogP contribution in [0.3, 0.4) is 0 Å². The van der Waals surface area contributed by atoms with E-state index in [1.54, 1.807) is 12.1 Å². The van der Waals surface area contributed by atoms with Gasteiger partial charge in [0.2, 0.25) is 0 Å². The molecule has 4 heteroatoms. The lowest BCUT2D eigenvalue weighted by Gasteiger charge is -2.08. The molecule has 2 aromatic carbocycles. The molecule has 0 radical (unpaired) electrons. The number of anilines is 1. The highest BCUT2D eigenvalue weighted by atomic mass is 16.2. The minimum atomic E-state index is -0.149. The lowest BCUT2D eigenvalue weighted by atomic mass is 10.1. The molecule has 0 aliphatic rings. The summed E-state index contributed by atoms with van der Waals surface area (Å²) in [5, 5.41) is 11.7. The average Bonchev–Trinajstić information content (AvgIpc) is 2.53. The Balaban J connectivity index is 2.08. The third-order valence-corrected chi connectivity index (χ3v) is 3.23. The Hall–Kier alpha value is -2.17. The number of hydrogen-bond acceptors (Lipinski definition) is 3. The number of nitrogens with one attached hydrogen (secondary N) is 1. The summed E-state index contributed by atoms with van der Waals surface area (Å²) in [6.07, 6.45) is 1.51. The number of hydrogen-bond donors (Lipinski definition) is 3. The van der Waals surface area contributed by atoms with Gasteiger partial charge in [-0.05, 0) is 48.2 Å². The second-order valence-electron chi connectivity index (χ2n) is 4.89. The van der Waals surface area contributed by atoms with E-state index in [2.05, 4.69) is 5.32 Å². The Morgan fingerprint density at radius 2 is 1.86 bits per heavy atom. The highest BCUT2D eigenvalue weighted by Crippen LogP contribution is 2.14. The topological polar surface area (TPSA) is 75.4 Å². The number of aliphatic hydroxyl groups excluding tert-OH is 1. The number of carbonyl (C=O) groups excluding carboxylic acids is 1. The van der Waals surface area contributed by atoms with Gasteiger partial charge < -0.3 is 16.2 Å². The van der Waals surface area contributed by atoms with Crippen molar-refractivity contribution in [1.82, 2.24) is 0 Å². The van der Waals surface area contributed by atoms with Gasteiger partial charge in [0.25, 0.3) is 5.91 Å². The van der Waals surface area contributed by atoms with E-state index in [4.69, 9.17) is 10.8 Å². The molecule has 0 saturated carbocycles. The summed E-state index contributed by atoms with van der Waals surface area (Å²) in [5.74, 6) is -0.149. The van der Waals surface area contributed by atoms with Gasteiger partial charge in [-0.1, -0.05) is 24.3 Å². The van der Waals surface area contributed by atoms with Crippen LogP contribution in [0.2, 0.25) is 0 Å². The molecule has 2 aromatic rings. The van der Waals surface area contributed by atoms with Crippen molar-refractivity contribution in [2.24, 2.45) is 5.73 Å². The molecule has 0 atom stereocenters. The third-order valence-electron chi connectivity index (χ3n) is 3.23. The number of rotatable bonds is 6. The number of aliphatic hydroxyl groups is 1. The van der Waals surface area contributed by atoms with Crippen molar-refractivity contribution in [1.29, 1.82) is 0 Å². The van der Waals surface area contributed by atoms with Crippen LogP contribution in [0.25, 0.3) is 0 Å². The summed E-state index contributed by atoms with van der Waals surface area (Å²) in [6, 6.07) is 15.0. The standard InChI is InChI=1S/C17H20N2O2/c18-12-14-5-1-7-15(10-14)17(21)19-16-8-2-4-13(11-16)6-3-9-20/h1-2,4-5,7-8,10-11,20H,3,6,9,12,18H2,(H,19,21). The number of benzene rings is 2. The maximum atomic E-state index is 12.2. The lowest BCUT2D eigenvalue weighted by Crippen LogP contribution is -2.12. The van der Waals surface area contributed by atoms with Crippen LogP contribution < -0.4 is 11.1 Å². The van der Waals surface area contributed by atoms with Crippen molar-refractivity contribution < 1.29 is 9.90 Å². The monoisotopic (exact) mass is 284 g/mol. The predicted octanol–water partition coefficient (Wildman–Crippen LogP) is 2.32. The van der Waals surface area contributed by atoms with Crippen LogP contribution in [0.5, 0.6) is 0 Å². The summed E-state index contributed by atoms with van der Waals surface area (Å²) in [7, 11) is 0. The van der Waals surface area contributed by atoms with Crippen LogP contribution in [0.4, 0.5) is 5.69 Å². The highest BCUT2D eigenvalue weighted by molar-refractivity contribution is 6.04. The van der Waals surface area contributed by atoms with E-state index >= 15 is 0 Å². The first-order valence-electron chi connectivity index (χ1n) is 7.03. The molecule has 0 unspecified atom stereocenters. The van der Waals surface area contributed by atoms with E-state index in [0.29, 0.717) is 12.1 Å². The molecule has 21 heavy (non-hydrogen) atoms. The van der Waals surface area contributed by atoms with E-state index in [0.717, 1.165) is 29.7 Å². The quantitative estimate of drug-likeness (QED) is 0.762. The zero-order chi connectivity index (χ0) is 15.1. The molecule has 4 N–H and O–H groups in total. The number of aryl methyl sites for hydroxylation is 1. The van der Waals surface area contributed by atoms with Gasteiger partial charge in [-0.3, -0.25) is 4.79 Å². The molecule has 0 bridgehead atoms. The first-order valence-corrected chi connectivity index (χ1v) is 7.03. The zero-order valence-corrected chi connectivity index (χ0v) is 11.9. The molecule has 1 amide bonds. The Kier molecular flexibility index (Phi) is 5.49. The molecule has 110 valence electrons. The molecule has 0 spiro atoms. The minimum absolute atomic E-state index is 0.149. The largest absolute Gasteiger partial charge is 0.396 e. The molecule has 0 heterocycles. The van der Waals surface area contributed by atoms with Gasteiger partial charge in [0.15, 0.2) is 0 Å². The Morgan fingerprint density at radius 1 is 1.10 bits per heavy atom. The van der Waals surface area contributed by atoms with Crippen LogP contribution in [-0.4, -0.2) is 17.6 Å². The van der Waals surface area contributed by atoms with E-state index in [-0.39, 0.29) is 12.5 Å². The van der Waals surface area contributed by atoms with Crippen LogP contribution in [0.1, 0.15) is 27.9 Å². The van der Waals surface area contributed by atoms with Gasteiger partial charge in [0.05, 0.1) is 0 Å². The molecule has 0 aliphatic heterocycles. The van der Waals surface area contributed by atoms with Crippen LogP contribution in [0, 0.1) is 0 Å². The van der Waals surface area contributed by atoms with Crippen LogP contribution >= 0.6 is 0 Å². The molecular formula is C17H20N2O2. The van der Waals surface area contributed by atoms with E-state index < -0.39 is 0 Å². The highest BCUT2D eigenvalue weighted by Gasteiger charge is 2.07. The summed E-state index contributed by atoms with van der Waals surface area (Å²) in [5.41, 5.74) is 8.96. The number of nitrogens with two attached hydrogens (primary N) is 1. The van der Waals surface area contributed by atoms with Crippen LogP contribution in [0.15, 0.2) is 48.5 Å². The van der Waals surface area contributed by atoms with E-state index in [1.165, 1.54) is 0 Å². The van der Waals surface area contributed by atoms with Gasteiger partial charge in [-0.25, -0.2) is 0 Å². The first-order chi connectivity index (χ1) is 10.2. The van der Waals surface area contributed by atoms with Crippen molar-refractivity contribution in [3.05, 3.63) is 65.2 Å². The summed E-state index contributed by atoms with van der Waals surface area (Å²) in [6.45, 7) is 0.584. The van der Waals surface area contributed by atoms with Gasteiger partial charge in [0, 0.05) is 24.4 Å². The van der Waals surface area contributed by atoms with Crippen molar-refractivity contribution in [3.63, 3.8) is 0 Å². The summed E-state index contributed by atoms with van der Waals surface area (Å²) >= 11 is 0. The van der Waals surface area contributed by atoms with Crippen molar-refractivity contribution in [2.45, 2.75) is 19.4 Å². The summed E-state index contributed by atoms with van der Waals surface area (Å²) < 4.78 is 0. The lowest BCUT2D eigenvalue weighted by molar-refractivity contribution is 0.102. The molecule has 0 saturated heterocycles. The van der Waals surface area contributed by atoms with Gasteiger partial charge >= 0.3 is 0 Å². The predicted molar refractivity (Wildman–Crippen MR) is 84.1 cm³/mol. The van der Waals surface area contributed by atoms with Crippen molar-refractivity contribution in [3.8, 4) is 0 Å². The molecule has 0 fully saturated rings. The van der Waals surface area contributed by atoms with E-state index in [1.807, 2.05) is 36.4 Å². The first kappa shape index (κ1) is 15.2. The Morgan fingerprint density at radius 3 is 2.62 bits per heavy atom. The molecule has 4 nitrogen and oxygen atoms in total. The van der Waals surface area contributed by atoms with Gasteiger partial charge in [0.1, 0.15) is 0 Å². The fraction of sp³-hybridized carbons (Fsp3) is 0.235. The average molecular weight is 284 g/mol. The van der Waals surface area contributed by atoms with Crippen molar-refractivity contribution in [2.75, 3.05) is 11.9 Å². The molecule has 0 aromatic heterocycles. The Labute approximate surface area is 124 Å². The fourth-order valence-corrected chi connectivity index (χ4v) is 2.13. The SMILES string of the molecule is NCc1cccc(C(=O)Nc2cccc(CCCO)c2)c1. The van der Waals surface area contributed by atoms with Gasteiger partial charge in [-0.15, -0.1) is 0 Å². The second kappa shape index (κ2) is 7.57. The molecule has 0 aliphatic carbocycles. The smallest absolute Gasteiger partial charge is 0.255 e. The summed E-state index contributed by atoms with van der Waals surface area (Å²) in [4.78, 5) is 12.2. The van der Waals surface area contributed by atoms with Crippen molar-refractivity contribution >= 4 is 11.6 Å². The number of carbonyl (C=O) groups is 1. The zero-order valence-electron chi connectivity index (χ0n) is 11.9. The Bertz CT molecular complexity index is 611. The number of amides is 1. The maximum absolute atomic E-state index is 12.2. The third kappa shape index (κ3) is 4.41. The molecule has 2 rings (SSSR count). The fourth-order valence-electron chi connectivity index (χ4n) is 2.13. The maximum Gasteiger partial charge on any atom is 0.255 e. The normalized spacial score (nSPS) is 10.4. The second-order valence-corrected chi connectivity index (χ2v) is 4.89. The van der Waals surface area contributed by atoms with Gasteiger partial charge in [-0.2, -0.15) is 0 Å². The minimum Gasteiger partial charge on any atom is -0.396 e.